The number of amides is 2. The minimum absolute atomic E-state index is 0.113. The van der Waals surface area contributed by atoms with Gasteiger partial charge in [0.25, 0.3) is 0 Å². The largest absolute Gasteiger partial charge is 0.360 e. The summed E-state index contributed by atoms with van der Waals surface area (Å²) in [5, 5.41) is 8.89. The Hall–Kier alpha value is -2.35. The van der Waals surface area contributed by atoms with Crippen LogP contribution in [-0.4, -0.2) is 28.5 Å². The van der Waals surface area contributed by atoms with E-state index in [1.807, 2.05) is 0 Å². The van der Waals surface area contributed by atoms with E-state index in [4.69, 9.17) is 4.52 Å². The number of aryl methyl sites for hydroxylation is 2. The lowest BCUT2D eigenvalue weighted by Crippen LogP contribution is -2.19. The van der Waals surface area contributed by atoms with Gasteiger partial charge in [0, 0.05) is 11.8 Å². The molecule has 122 valence electrons. The first kappa shape index (κ1) is 17.0. The van der Waals surface area contributed by atoms with Crippen molar-refractivity contribution in [3.05, 3.63) is 41.4 Å². The van der Waals surface area contributed by atoms with E-state index in [2.05, 4.69) is 15.8 Å². The van der Waals surface area contributed by atoms with Gasteiger partial charge in [-0.15, -0.1) is 11.8 Å². The SMILES string of the molecule is Cc1cc(NC(=O)CSCC(=O)Nc2ccc(F)cc2C)no1. The van der Waals surface area contributed by atoms with Crippen molar-refractivity contribution < 1.29 is 18.5 Å². The van der Waals surface area contributed by atoms with Gasteiger partial charge in [-0.2, -0.15) is 0 Å². The molecule has 0 saturated heterocycles. The standard InChI is InChI=1S/C15H16FN3O3S/c1-9-5-11(16)3-4-12(9)17-14(20)7-23-8-15(21)18-13-6-10(2)22-19-13/h3-6H,7-8H2,1-2H3,(H,17,20)(H,18,19,21). The number of aromatic nitrogens is 1. The molecule has 0 spiro atoms. The van der Waals surface area contributed by atoms with Crippen molar-refractivity contribution in [3.8, 4) is 0 Å². The van der Waals surface area contributed by atoms with Crippen molar-refractivity contribution in [3.63, 3.8) is 0 Å². The maximum atomic E-state index is 13.0. The van der Waals surface area contributed by atoms with Gasteiger partial charge in [0.2, 0.25) is 11.8 Å². The molecule has 6 nitrogen and oxygen atoms in total. The number of rotatable bonds is 6. The van der Waals surface area contributed by atoms with Crippen LogP contribution in [0.5, 0.6) is 0 Å². The normalized spacial score (nSPS) is 10.4. The van der Waals surface area contributed by atoms with Gasteiger partial charge in [-0.25, -0.2) is 4.39 Å². The maximum Gasteiger partial charge on any atom is 0.235 e. The molecule has 2 amide bonds. The van der Waals surface area contributed by atoms with Gasteiger partial charge in [0.1, 0.15) is 11.6 Å². The Morgan fingerprint density at radius 3 is 2.48 bits per heavy atom. The molecule has 0 aliphatic heterocycles. The first-order valence-corrected chi connectivity index (χ1v) is 7.96. The van der Waals surface area contributed by atoms with E-state index < -0.39 is 0 Å². The van der Waals surface area contributed by atoms with Gasteiger partial charge >= 0.3 is 0 Å². The second-order valence-corrected chi connectivity index (χ2v) is 5.86. The first-order valence-electron chi connectivity index (χ1n) is 6.81. The lowest BCUT2D eigenvalue weighted by atomic mass is 10.2. The van der Waals surface area contributed by atoms with E-state index >= 15 is 0 Å². The van der Waals surface area contributed by atoms with Crippen LogP contribution in [0.25, 0.3) is 0 Å². The van der Waals surface area contributed by atoms with Crippen molar-refractivity contribution in [2.24, 2.45) is 0 Å². The summed E-state index contributed by atoms with van der Waals surface area (Å²) in [6, 6.07) is 5.73. The van der Waals surface area contributed by atoms with Crippen molar-refractivity contribution >= 4 is 35.1 Å². The van der Waals surface area contributed by atoms with Crippen LogP contribution in [0.3, 0.4) is 0 Å². The fourth-order valence-electron chi connectivity index (χ4n) is 1.79. The molecule has 1 aromatic carbocycles. The number of benzene rings is 1. The number of hydrogen-bond acceptors (Lipinski definition) is 5. The molecule has 0 atom stereocenters. The van der Waals surface area contributed by atoms with Gasteiger partial charge < -0.3 is 15.2 Å². The fourth-order valence-corrected chi connectivity index (χ4v) is 2.41. The molecule has 23 heavy (non-hydrogen) atoms. The van der Waals surface area contributed by atoms with Crippen LogP contribution in [0.1, 0.15) is 11.3 Å². The quantitative estimate of drug-likeness (QED) is 0.847. The number of nitrogens with zero attached hydrogens (tertiary/aromatic N) is 1. The van der Waals surface area contributed by atoms with Crippen molar-refractivity contribution in [1.82, 2.24) is 5.16 Å². The number of anilines is 2. The molecule has 0 aliphatic rings. The number of halogens is 1. The second-order valence-electron chi connectivity index (χ2n) is 4.87. The van der Waals surface area contributed by atoms with Crippen LogP contribution >= 0.6 is 11.8 Å². The Kier molecular flexibility index (Phi) is 5.75. The van der Waals surface area contributed by atoms with Gasteiger partial charge in [0.05, 0.1) is 11.5 Å². The summed E-state index contributed by atoms with van der Waals surface area (Å²) in [4.78, 5) is 23.5. The predicted molar refractivity (Wildman–Crippen MR) is 87.0 cm³/mol. The molecule has 2 N–H and O–H groups in total. The minimum atomic E-state index is -0.352. The van der Waals surface area contributed by atoms with Crippen LogP contribution < -0.4 is 10.6 Å². The van der Waals surface area contributed by atoms with Crippen LogP contribution in [0.15, 0.2) is 28.8 Å². The molecule has 0 aliphatic carbocycles. The van der Waals surface area contributed by atoms with E-state index in [1.54, 1.807) is 19.9 Å². The van der Waals surface area contributed by atoms with Crippen molar-refractivity contribution in [1.29, 1.82) is 0 Å². The van der Waals surface area contributed by atoms with E-state index in [0.717, 1.165) is 0 Å². The third-order valence-corrected chi connectivity index (χ3v) is 3.76. The zero-order valence-corrected chi connectivity index (χ0v) is 13.5. The molecule has 0 bridgehead atoms. The zero-order valence-electron chi connectivity index (χ0n) is 12.7. The Bertz CT molecular complexity index is 718. The third kappa shape index (κ3) is 5.41. The monoisotopic (exact) mass is 337 g/mol. The summed E-state index contributed by atoms with van der Waals surface area (Å²) in [7, 11) is 0. The summed E-state index contributed by atoms with van der Waals surface area (Å²) in [5.41, 5.74) is 1.20. The Morgan fingerprint density at radius 2 is 1.87 bits per heavy atom. The topological polar surface area (TPSA) is 84.2 Å². The highest BCUT2D eigenvalue weighted by Gasteiger charge is 2.09. The maximum absolute atomic E-state index is 13.0. The number of hydrogen-bond donors (Lipinski definition) is 2. The summed E-state index contributed by atoms with van der Waals surface area (Å²) >= 11 is 1.17. The van der Waals surface area contributed by atoms with Gasteiger partial charge in [-0.1, -0.05) is 5.16 Å². The number of carbonyl (C=O) groups excluding carboxylic acids is 2. The predicted octanol–water partition coefficient (Wildman–Crippen LogP) is 2.74. The molecule has 0 unspecified atom stereocenters. The lowest BCUT2D eigenvalue weighted by Gasteiger charge is -2.08. The van der Waals surface area contributed by atoms with Crippen molar-refractivity contribution in [2.75, 3.05) is 22.1 Å². The van der Waals surface area contributed by atoms with E-state index in [0.29, 0.717) is 22.8 Å². The molecule has 0 saturated carbocycles. The summed E-state index contributed by atoms with van der Waals surface area (Å²) in [5.74, 6) is 0.295. The third-order valence-electron chi connectivity index (χ3n) is 2.82. The van der Waals surface area contributed by atoms with Crippen LogP contribution in [-0.2, 0) is 9.59 Å². The van der Waals surface area contributed by atoms with Crippen LogP contribution in [0, 0.1) is 19.7 Å². The lowest BCUT2D eigenvalue weighted by molar-refractivity contribution is -0.114. The van der Waals surface area contributed by atoms with Gasteiger partial charge in [0.15, 0.2) is 5.82 Å². The molecule has 0 fully saturated rings. The second kappa shape index (κ2) is 7.77. The summed E-state index contributed by atoms with van der Waals surface area (Å²) in [6.45, 7) is 3.43. The summed E-state index contributed by atoms with van der Waals surface area (Å²) < 4.78 is 17.8. The van der Waals surface area contributed by atoms with E-state index in [-0.39, 0.29) is 29.1 Å². The molecular formula is C15H16FN3O3S. The van der Waals surface area contributed by atoms with Crippen LogP contribution in [0.4, 0.5) is 15.9 Å². The highest BCUT2D eigenvalue weighted by atomic mass is 32.2. The molecule has 0 radical (unpaired) electrons. The number of carbonyl (C=O) groups is 2. The average molecular weight is 337 g/mol. The zero-order chi connectivity index (χ0) is 16.8. The minimum Gasteiger partial charge on any atom is -0.360 e. The molecule has 1 aromatic heterocycles. The Morgan fingerprint density at radius 1 is 1.17 bits per heavy atom. The average Bonchev–Trinajstić information content (AvgIpc) is 2.87. The number of nitrogens with one attached hydrogen (secondary N) is 2. The Labute approximate surface area is 136 Å². The molecular weight excluding hydrogens is 321 g/mol. The van der Waals surface area contributed by atoms with Gasteiger partial charge in [-0.3, -0.25) is 9.59 Å². The molecule has 1 heterocycles. The van der Waals surface area contributed by atoms with E-state index in [9.17, 15) is 14.0 Å². The Balaban J connectivity index is 1.73. The highest BCUT2D eigenvalue weighted by molar-refractivity contribution is 8.00. The fraction of sp³-hybridized carbons (Fsp3) is 0.267. The molecule has 2 aromatic rings. The molecule has 8 heteroatoms. The van der Waals surface area contributed by atoms with Gasteiger partial charge in [-0.05, 0) is 37.6 Å². The van der Waals surface area contributed by atoms with Crippen LogP contribution in [0.2, 0.25) is 0 Å². The summed E-state index contributed by atoms with van der Waals surface area (Å²) in [6.07, 6.45) is 0. The van der Waals surface area contributed by atoms with E-state index in [1.165, 1.54) is 30.0 Å². The molecule has 2 rings (SSSR count). The first-order chi connectivity index (χ1) is 10.9. The number of thioether (sulfide) groups is 1. The van der Waals surface area contributed by atoms with Crippen molar-refractivity contribution in [2.45, 2.75) is 13.8 Å². The smallest absolute Gasteiger partial charge is 0.235 e. The highest BCUT2D eigenvalue weighted by Crippen LogP contribution is 2.16.